The summed E-state index contributed by atoms with van der Waals surface area (Å²) in [6, 6.07) is 21.7. The van der Waals surface area contributed by atoms with Crippen molar-refractivity contribution in [2.24, 2.45) is 5.92 Å². The number of aliphatic hydroxyl groups is 1. The predicted octanol–water partition coefficient (Wildman–Crippen LogP) is 4.98. The minimum atomic E-state index is -3.91. The molecule has 0 fully saturated rings. The van der Waals surface area contributed by atoms with Crippen LogP contribution in [0.25, 0.3) is 0 Å². The molecule has 4 rings (SSSR count). The van der Waals surface area contributed by atoms with E-state index in [9.17, 15) is 23.1 Å². The molecule has 0 radical (unpaired) electrons. The van der Waals surface area contributed by atoms with Crippen molar-refractivity contribution in [2.75, 3.05) is 38.1 Å². The van der Waals surface area contributed by atoms with Gasteiger partial charge in [0.1, 0.15) is 5.75 Å². The van der Waals surface area contributed by atoms with E-state index in [0.717, 1.165) is 18.4 Å². The first-order chi connectivity index (χ1) is 22.5. The van der Waals surface area contributed by atoms with Gasteiger partial charge in [0.05, 0.1) is 41.7 Å². The second-order valence-corrected chi connectivity index (χ2v) is 14.0. The van der Waals surface area contributed by atoms with Crippen LogP contribution in [0.5, 0.6) is 5.75 Å². The summed E-state index contributed by atoms with van der Waals surface area (Å²) in [6.07, 6.45) is 2.01. The lowest BCUT2D eigenvalue weighted by molar-refractivity contribution is -0.131. The van der Waals surface area contributed by atoms with E-state index in [4.69, 9.17) is 9.47 Å². The fraction of sp³-hybridized carbons (Fsp3) is 0.444. The van der Waals surface area contributed by atoms with Gasteiger partial charge in [-0.15, -0.1) is 0 Å². The number of benzene rings is 3. The van der Waals surface area contributed by atoms with Crippen molar-refractivity contribution in [3.63, 3.8) is 0 Å². The number of anilines is 1. The lowest BCUT2D eigenvalue weighted by Gasteiger charge is -2.36. The highest BCUT2D eigenvalue weighted by molar-refractivity contribution is 7.92. The first-order valence-corrected chi connectivity index (χ1v) is 17.7. The maximum atomic E-state index is 14.3. The summed E-state index contributed by atoms with van der Waals surface area (Å²) >= 11 is 0. The van der Waals surface area contributed by atoms with Crippen molar-refractivity contribution < 1.29 is 32.6 Å². The molecule has 0 saturated heterocycles. The molecule has 3 aromatic carbocycles. The number of hydrogen-bond acceptors (Lipinski definition) is 7. The second-order valence-electron chi connectivity index (χ2n) is 12.4. The molecule has 0 spiro atoms. The SMILES string of the molecule is C[C@@H]1CN([C@@H](C)CO)C(=O)c2cc(NS(=O)(=O)c3ccccc3)ccc2O[C@@H](C)CCCCO[C@H]1CN(C)C(=O)Cc1ccccc1. The zero-order valence-electron chi connectivity index (χ0n) is 27.7. The van der Waals surface area contributed by atoms with Crippen LogP contribution < -0.4 is 9.46 Å². The lowest BCUT2D eigenvalue weighted by atomic mass is 10.0. The molecule has 0 unspecified atom stereocenters. The molecule has 0 bridgehead atoms. The zero-order valence-corrected chi connectivity index (χ0v) is 28.5. The molecular weight excluding hydrogens is 618 g/mol. The van der Waals surface area contributed by atoms with Crippen molar-refractivity contribution in [2.45, 2.75) is 69.6 Å². The summed E-state index contributed by atoms with van der Waals surface area (Å²) in [5.74, 6) is -0.325. The number of nitrogens with one attached hydrogen (secondary N) is 1. The molecule has 47 heavy (non-hydrogen) atoms. The number of carbonyl (C=O) groups excluding carboxylic acids is 2. The van der Waals surface area contributed by atoms with Gasteiger partial charge in [-0.05, 0) is 69.0 Å². The molecule has 1 aliphatic heterocycles. The van der Waals surface area contributed by atoms with Crippen LogP contribution >= 0.6 is 0 Å². The Morgan fingerprint density at radius 3 is 2.40 bits per heavy atom. The van der Waals surface area contributed by atoms with Gasteiger partial charge in [-0.1, -0.05) is 55.5 Å². The molecule has 3 aromatic rings. The standard InChI is InChI=1S/C36H47N3O7S/c1-26-23-39(27(2)25-40)36(42)32-22-30(37-47(43,44)31-16-9-6-10-17-31)18-19-33(32)46-28(3)13-11-12-20-45-34(26)24-38(4)35(41)21-29-14-7-5-8-15-29/h5-10,14-19,22,26-28,34,37,40H,11-13,20-21,23-25H2,1-4H3/t26-,27+,28+,34+/m1/s1. The van der Waals surface area contributed by atoms with Gasteiger partial charge in [-0.25, -0.2) is 8.42 Å². The van der Waals surface area contributed by atoms with Crippen molar-refractivity contribution in [3.05, 3.63) is 90.0 Å². The van der Waals surface area contributed by atoms with E-state index < -0.39 is 22.0 Å². The summed E-state index contributed by atoms with van der Waals surface area (Å²) in [5.41, 5.74) is 1.32. The molecule has 0 aliphatic carbocycles. The number of nitrogens with zero attached hydrogens (tertiary/aromatic N) is 2. The van der Waals surface area contributed by atoms with Crippen LogP contribution in [0.15, 0.2) is 83.8 Å². The molecule has 2 amide bonds. The van der Waals surface area contributed by atoms with Gasteiger partial charge < -0.3 is 24.4 Å². The Labute approximate surface area is 278 Å². The van der Waals surface area contributed by atoms with Crippen molar-refractivity contribution in [1.82, 2.24) is 9.80 Å². The molecule has 1 aliphatic rings. The number of aliphatic hydroxyl groups excluding tert-OH is 1. The summed E-state index contributed by atoms with van der Waals surface area (Å²) in [4.78, 5) is 30.8. The maximum absolute atomic E-state index is 14.3. The summed E-state index contributed by atoms with van der Waals surface area (Å²) in [6.45, 7) is 6.43. The summed E-state index contributed by atoms with van der Waals surface area (Å²) in [7, 11) is -2.15. The largest absolute Gasteiger partial charge is 0.490 e. The average molecular weight is 666 g/mol. The number of fused-ring (bicyclic) bond motifs is 1. The first kappa shape index (κ1) is 35.9. The van der Waals surface area contributed by atoms with Gasteiger partial charge in [-0.3, -0.25) is 14.3 Å². The molecule has 2 N–H and O–H groups in total. The van der Waals surface area contributed by atoms with Gasteiger partial charge in [-0.2, -0.15) is 0 Å². The molecule has 10 nitrogen and oxygen atoms in total. The lowest BCUT2D eigenvalue weighted by Crippen LogP contribution is -2.48. The van der Waals surface area contributed by atoms with Gasteiger partial charge in [0, 0.05) is 38.3 Å². The van der Waals surface area contributed by atoms with Gasteiger partial charge in [0.25, 0.3) is 15.9 Å². The quantitative estimate of drug-likeness (QED) is 0.330. The molecule has 254 valence electrons. The maximum Gasteiger partial charge on any atom is 0.261 e. The molecular formula is C36H47N3O7S. The van der Waals surface area contributed by atoms with E-state index in [0.29, 0.717) is 25.3 Å². The smallest absolute Gasteiger partial charge is 0.261 e. The highest BCUT2D eigenvalue weighted by atomic mass is 32.2. The monoisotopic (exact) mass is 665 g/mol. The van der Waals surface area contributed by atoms with Crippen molar-refractivity contribution >= 4 is 27.5 Å². The number of sulfonamides is 1. The number of carbonyl (C=O) groups is 2. The average Bonchev–Trinajstić information content (AvgIpc) is 3.06. The molecule has 1 heterocycles. The van der Waals surface area contributed by atoms with E-state index in [1.807, 2.05) is 44.2 Å². The fourth-order valence-electron chi connectivity index (χ4n) is 5.54. The van der Waals surface area contributed by atoms with Gasteiger partial charge >= 0.3 is 0 Å². The van der Waals surface area contributed by atoms with Crippen LogP contribution in [-0.2, 0) is 26.0 Å². The number of ether oxygens (including phenoxy) is 2. The van der Waals surface area contributed by atoms with Crippen LogP contribution in [0.1, 0.15) is 56.0 Å². The van der Waals surface area contributed by atoms with E-state index in [-0.39, 0.29) is 59.8 Å². The predicted molar refractivity (Wildman–Crippen MR) is 182 cm³/mol. The Bertz CT molecular complexity index is 1570. The minimum Gasteiger partial charge on any atom is -0.490 e. The first-order valence-electron chi connectivity index (χ1n) is 16.2. The highest BCUT2D eigenvalue weighted by Gasteiger charge is 2.31. The summed E-state index contributed by atoms with van der Waals surface area (Å²) in [5, 5.41) is 10.2. The third-order valence-corrected chi connectivity index (χ3v) is 9.83. The van der Waals surface area contributed by atoms with Crippen LogP contribution in [0, 0.1) is 5.92 Å². The van der Waals surface area contributed by atoms with Gasteiger partial charge in [0.15, 0.2) is 0 Å². The molecule has 0 aromatic heterocycles. The van der Waals surface area contributed by atoms with Crippen LogP contribution in [0.2, 0.25) is 0 Å². The van der Waals surface area contributed by atoms with E-state index >= 15 is 0 Å². The van der Waals surface area contributed by atoms with Crippen LogP contribution in [0.4, 0.5) is 5.69 Å². The number of likely N-dealkylation sites (N-methyl/N-ethyl adjacent to an activating group) is 1. The number of hydrogen-bond donors (Lipinski definition) is 2. The second kappa shape index (κ2) is 16.8. The number of rotatable bonds is 9. The summed E-state index contributed by atoms with van der Waals surface area (Å²) < 4.78 is 41.4. The van der Waals surface area contributed by atoms with Crippen LogP contribution in [-0.4, -0.2) is 86.7 Å². The Kier molecular flexibility index (Phi) is 12.8. The minimum absolute atomic E-state index is 0.0338. The van der Waals surface area contributed by atoms with E-state index in [1.54, 1.807) is 54.1 Å². The molecule has 0 saturated carbocycles. The van der Waals surface area contributed by atoms with E-state index in [1.165, 1.54) is 18.2 Å². The zero-order chi connectivity index (χ0) is 34.0. The van der Waals surface area contributed by atoms with Gasteiger partial charge in [0.2, 0.25) is 5.91 Å². The third kappa shape index (κ3) is 10.0. The molecule has 4 atom stereocenters. The highest BCUT2D eigenvalue weighted by Crippen LogP contribution is 2.29. The topological polar surface area (TPSA) is 125 Å². The fourth-order valence-corrected chi connectivity index (χ4v) is 6.61. The molecule has 11 heteroatoms. The normalized spacial score (nSPS) is 20.3. The Hall–Kier alpha value is -3.93. The van der Waals surface area contributed by atoms with E-state index in [2.05, 4.69) is 4.72 Å². The van der Waals surface area contributed by atoms with Crippen molar-refractivity contribution in [3.8, 4) is 5.75 Å². The third-order valence-electron chi connectivity index (χ3n) is 8.43. The Morgan fingerprint density at radius 2 is 1.72 bits per heavy atom. The number of amides is 2. The van der Waals surface area contributed by atoms with Crippen molar-refractivity contribution in [1.29, 1.82) is 0 Å². The Balaban J connectivity index is 1.63. The van der Waals surface area contributed by atoms with Crippen LogP contribution in [0.3, 0.4) is 0 Å². The Morgan fingerprint density at radius 1 is 1.04 bits per heavy atom.